The Bertz CT molecular complexity index is 851. The van der Waals surface area contributed by atoms with E-state index in [9.17, 15) is 0 Å². The molecule has 1 spiro atoms. The molecule has 8 rings (SSSR count). The summed E-state index contributed by atoms with van der Waals surface area (Å²) in [5.74, 6) is 1.97. The van der Waals surface area contributed by atoms with Crippen LogP contribution in [0, 0.1) is 5.92 Å². The van der Waals surface area contributed by atoms with Crippen LogP contribution in [-0.4, -0.2) is 66.9 Å². The van der Waals surface area contributed by atoms with Crippen molar-refractivity contribution in [3.63, 3.8) is 0 Å². The predicted octanol–water partition coefficient (Wildman–Crippen LogP) is 3.76. The molecule has 4 bridgehead atoms. The summed E-state index contributed by atoms with van der Waals surface area (Å²) in [6, 6.07) is 7.52. The number of methoxy groups -OCH3 is 1. The van der Waals surface area contributed by atoms with E-state index in [1.165, 1.54) is 77.5 Å². The summed E-state index contributed by atoms with van der Waals surface area (Å²) >= 11 is 0. The molecular formula is C26H36N2O2. The molecule has 4 nitrogen and oxygen atoms in total. The van der Waals surface area contributed by atoms with E-state index in [1.54, 1.807) is 11.1 Å². The van der Waals surface area contributed by atoms with Gasteiger partial charge in [-0.05, 0) is 107 Å². The summed E-state index contributed by atoms with van der Waals surface area (Å²) < 4.78 is 12.9. The van der Waals surface area contributed by atoms with Gasteiger partial charge >= 0.3 is 0 Å². The van der Waals surface area contributed by atoms with Crippen molar-refractivity contribution in [2.24, 2.45) is 5.92 Å². The molecule has 0 N–H and O–H groups in total. The third kappa shape index (κ3) is 2.28. The van der Waals surface area contributed by atoms with Gasteiger partial charge in [0, 0.05) is 23.5 Å². The minimum atomic E-state index is 0.0149. The van der Waals surface area contributed by atoms with Crippen molar-refractivity contribution in [3.05, 3.63) is 29.3 Å². The third-order valence-corrected chi connectivity index (χ3v) is 10.0. The zero-order valence-electron chi connectivity index (χ0n) is 18.5. The van der Waals surface area contributed by atoms with Gasteiger partial charge in [0.05, 0.1) is 19.3 Å². The fraction of sp³-hybridized carbons (Fsp3) is 0.769. The Morgan fingerprint density at radius 2 is 1.97 bits per heavy atom. The summed E-state index contributed by atoms with van der Waals surface area (Å²) in [5.41, 5.74) is 3.59. The molecule has 4 saturated heterocycles. The van der Waals surface area contributed by atoms with Crippen molar-refractivity contribution >= 4 is 0 Å². The summed E-state index contributed by atoms with van der Waals surface area (Å²) in [6.07, 6.45) is 11.9. The normalized spacial score (nSPS) is 42.8. The molecule has 1 aromatic rings. The van der Waals surface area contributed by atoms with Crippen molar-refractivity contribution in [1.29, 1.82) is 0 Å². The number of likely N-dealkylation sites (tertiary alicyclic amines) is 2. The zero-order chi connectivity index (χ0) is 20.0. The highest BCUT2D eigenvalue weighted by atomic mass is 16.5. The van der Waals surface area contributed by atoms with E-state index in [-0.39, 0.29) is 16.6 Å². The second kappa shape index (κ2) is 6.24. The molecule has 30 heavy (non-hydrogen) atoms. The third-order valence-electron chi connectivity index (χ3n) is 10.0. The molecule has 1 aromatic carbocycles. The Balaban J connectivity index is 1.37. The number of rotatable bonds is 4. The van der Waals surface area contributed by atoms with Crippen LogP contribution in [0.2, 0.25) is 0 Å². The molecule has 162 valence electrons. The molecule has 4 heterocycles. The van der Waals surface area contributed by atoms with E-state index >= 15 is 0 Å². The highest BCUT2D eigenvalue weighted by molar-refractivity contribution is 5.50. The Labute approximate surface area is 180 Å². The second-order valence-electron chi connectivity index (χ2n) is 11.3. The molecule has 0 radical (unpaired) electrons. The van der Waals surface area contributed by atoms with Crippen LogP contribution in [0.5, 0.6) is 5.75 Å². The largest absolute Gasteiger partial charge is 0.497 e. The first-order valence-corrected chi connectivity index (χ1v) is 12.5. The van der Waals surface area contributed by atoms with Crippen molar-refractivity contribution in [2.75, 3.05) is 39.9 Å². The van der Waals surface area contributed by atoms with E-state index in [0.717, 1.165) is 24.7 Å². The number of hydrogen-bond acceptors (Lipinski definition) is 4. The lowest BCUT2D eigenvalue weighted by molar-refractivity contribution is -0.279. The molecule has 4 atom stereocenters. The Hall–Kier alpha value is -1.10. The maximum absolute atomic E-state index is 7.18. The van der Waals surface area contributed by atoms with E-state index in [4.69, 9.17) is 9.47 Å². The first-order chi connectivity index (χ1) is 14.7. The highest BCUT2D eigenvalue weighted by Gasteiger charge is 2.72. The van der Waals surface area contributed by atoms with Crippen molar-refractivity contribution in [3.8, 4) is 5.75 Å². The van der Waals surface area contributed by atoms with Crippen LogP contribution in [0.25, 0.3) is 0 Å². The topological polar surface area (TPSA) is 24.9 Å². The summed E-state index contributed by atoms with van der Waals surface area (Å²) in [5, 5.41) is 0. The molecule has 3 aliphatic carbocycles. The predicted molar refractivity (Wildman–Crippen MR) is 117 cm³/mol. The molecule has 4 aliphatic heterocycles. The molecule has 1 unspecified atom stereocenters. The summed E-state index contributed by atoms with van der Waals surface area (Å²) in [4.78, 5) is 5.68. The zero-order valence-corrected chi connectivity index (χ0v) is 18.5. The number of hydrogen-bond donors (Lipinski definition) is 0. The van der Waals surface area contributed by atoms with Gasteiger partial charge in [-0.1, -0.05) is 6.07 Å². The van der Waals surface area contributed by atoms with Crippen LogP contribution in [0.4, 0.5) is 0 Å². The molecular weight excluding hydrogens is 372 g/mol. The van der Waals surface area contributed by atoms with Crippen molar-refractivity contribution < 1.29 is 9.47 Å². The minimum absolute atomic E-state index is 0.0149. The van der Waals surface area contributed by atoms with Crippen LogP contribution in [-0.2, 0) is 16.6 Å². The van der Waals surface area contributed by atoms with E-state index in [1.807, 2.05) is 7.11 Å². The average molecular weight is 409 g/mol. The monoisotopic (exact) mass is 408 g/mol. The number of ether oxygens (including phenoxy) is 2. The lowest BCUT2D eigenvalue weighted by atomic mass is 9.45. The van der Waals surface area contributed by atoms with Gasteiger partial charge < -0.3 is 9.47 Å². The Morgan fingerprint density at radius 3 is 2.70 bits per heavy atom. The lowest BCUT2D eigenvalue weighted by Gasteiger charge is -2.73. The van der Waals surface area contributed by atoms with Gasteiger partial charge in [-0.2, -0.15) is 0 Å². The van der Waals surface area contributed by atoms with Gasteiger partial charge in [0.15, 0.2) is 0 Å². The first-order valence-electron chi connectivity index (χ1n) is 12.5. The van der Waals surface area contributed by atoms with Gasteiger partial charge in [0.2, 0.25) is 0 Å². The SMILES string of the molecule is COc1ccc2c(c1)[C@]13CCN(CC4CC4)[C@H](C2)[C@]12CCC(N1CCCC1)(CO2)C3. The van der Waals surface area contributed by atoms with Gasteiger partial charge in [-0.3, -0.25) is 9.80 Å². The van der Waals surface area contributed by atoms with Crippen LogP contribution in [0.1, 0.15) is 62.5 Å². The van der Waals surface area contributed by atoms with Gasteiger partial charge in [0.25, 0.3) is 0 Å². The number of fused-ring (bicyclic) bond motifs is 3. The second-order valence-corrected chi connectivity index (χ2v) is 11.3. The Morgan fingerprint density at radius 1 is 1.10 bits per heavy atom. The molecule has 7 aliphatic rings. The van der Waals surface area contributed by atoms with E-state index in [2.05, 4.69) is 28.0 Å². The quantitative estimate of drug-likeness (QED) is 0.757. The van der Waals surface area contributed by atoms with E-state index < -0.39 is 0 Å². The highest BCUT2D eigenvalue weighted by Crippen LogP contribution is 2.66. The molecule has 6 fully saturated rings. The fourth-order valence-corrected chi connectivity index (χ4v) is 8.39. The molecule has 4 heteroatoms. The van der Waals surface area contributed by atoms with Crippen LogP contribution >= 0.6 is 0 Å². The number of nitrogens with zero attached hydrogens (tertiary/aromatic N) is 2. The maximum atomic E-state index is 7.18. The fourth-order valence-electron chi connectivity index (χ4n) is 8.39. The standard InChI is InChI=1S/C26H36N2O2/c1-29-21-7-6-20-14-23-26-9-8-24(18-30-26,28-11-2-3-12-28)17-25(26,22(20)15-21)10-13-27(23)16-19-4-5-19/h6-7,15,19,23H,2-5,8-14,16-18H2,1H3/t23-,24?,25-,26-/m1/s1. The smallest absolute Gasteiger partial charge is 0.119 e. The lowest BCUT2D eigenvalue weighted by Crippen LogP contribution is -2.81. The minimum Gasteiger partial charge on any atom is -0.497 e. The molecule has 2 saturated carbocycles. The van der Waals surface area contributed by atoms with Gasteiger partial charge in [-0.15, -0.1) is 0 Å². The number of piperidine rings is 1. The Kier molecular flexibility index (Phi) is 3.84. The van der Waals surface area contributed by atoms with Crippen LogP contribution in [0.15, 0.2) is 18.2 Å². The van der Waals surface area contributed by atoms with Crippen molar-refractivity contribution in [1.82, 2.24) is 9.80 Å². The van der Waals surface area contributed by atoms with Crippen LogP contribution < -0.4 is 4.74 Å². The number of benzene rings is 1. The molecule has 0 aromatic heterocycles. The first kappa shape index (κ1) is 18.5. The maximum Gasteiger partial charge on any atom is 0.119 e. The molecule has 0 amide bonds. The summed E-state index contributed by atoms with van der Waals surface area (Å²) in [6.45, 7) is 6.05. The van der Waals surface area contributed by atoms with Gasteiger partial charge in [-0.25, -0.2) is 0 Å². The van der Waals surface area contributed by atoms with Gasteiger partial charge in [0.1, 0.15) is 5.75 Å². The summed E-state index contributed by atoms with van der Waals surface area (Å²) in [7, 11) is 1.81. The average Bonchev–Trinajstić information content (AvgIpc) is 3.42. The van der Waals surface area contributed by atoms with E-state index in [0.29, 0.717) is 6.04 Å². The van der Waals surface area contributed by atoms with Crippen LogP contribution in [0.3, 0.4) is 0 Å². The van der Waals surface area contributed by atoms with Crippen molar-refractivity contribution in [2.45, 2.75) is 80.4 Å².